The van der Waals surface area contributed by atoms with Gasteiger partial charge in [-0.3, -0.25) is 0 Å². The van der Waals surface area contributed by atoms with Crippen LogP contribution in [-0.2, 0) is 0 Å². The Hall–Kier alpha value is -0.560. The van der Waals surface area contributed by atoms with E-state index < -0.39 is 0 Å². The maximum absolute atomic E-state index is 10.2. The topological polar surface area (TPSA) is 20.2 Å². The molecule has 0 aromatic heterocycles. The molecular weight excluding hydrogens is 352 g/mol. The Labute approximate surface area is 180 Å². The zero-order valence-electron chi connectivity index (χ0n) is 20.0. The van der Waals surface area contributed by atoms with E-state index in [1.807, 2.05) is 5.57 Å². The summed E-state index contributed by atoms with van der Waals surface area (Å²) in [5, 5.41) is 10.2. The van der Waals surface area contributed by atoms with Crippen LogP contribution in [0.1, 0.15) is 92.9 Å². The molecule has 0 bridgehead atoms. The van der Waals surface area contributed by atoms with Gasteiger partial charge in [-0.1, -0.05) is 65.3 Å². The van der Waals surface area contributed by atoms with Crippen molar-refractivity contribution in [3.8, 4) is 0 Å². The summed E-state index contributed by atoms with van der Waals surface area (Å²) >= 11 is 0. The molecule has 1 N–H and O–H groups in total. The molecular formula is C28H46O. The van der Waals surface area contributed by atoms with E-state index in [1.54, 1.807) is 0 Å². The van der Waals surface area contributed by atoms with E-state index in [-0.39, 0.29) is 6.10 Å². The molecule has 0 heterocycles. The number of fused-ring (bicyclic) bond motifs is 5. The lowest BCUT2D eigenvalue weighted by Gasteiger charge is -2.57. The summed E-state index contributed by atoms with van der Waals surface area (Å²) in [5.74, 6) is 5.25. The Balaban J connectivity index is 1.54. The van der Waals surface area contributed by atoms with E-state index >= 15 is 0 Å². The zero-order valence-corrected chi connectivity index (χ0v) is 20.0. The Morgan fingerprint density at radius 1 is 0.931 bits per heavy atom. The van der Waals surface area contributed by atoms with Crippen molar-refractivity contribution in [3.63, 3.8) is 0 Å². The van der Waals surface area contributed by atoms with E-state index in [0.29, 0.717) is 28.6 Å². The number of aliphatic hydroxyl groups is 1. The van der Waals surface area contributed by atoms with Gasteiger partial charge in [0, 0.05) is 0 Å². The molecule has 0 aromatic rings. The minimum atomic E-state index is -0.0476. The summed E-state index contributed by atoms with van der Waals surface area (Å²) in [4.78, 5) is 0. The summed E-state index contributed by atoms with van der Waals surface area (Å²) < 4.78 is 0. The van der Waals surface area contributed by atoms with Gasteiger partial charge in [0.1, 0.15) is 0 Å². The molecule has 2 unspecified atom stereocenters. The van der Waals surface area contributed by atoms with Crippen LogP contribution in [0.3, 0.4) is 0 Å². The summed E-state index contributed by atoms with van der Waals surface area (Å²) in [5.41, 5.74) is 2.79. The molecule has 3 fully saturated rings. The van der Waals surface area contributed by atoms with Crippen LogP contribution in [0, 0.1) is 52.3 Å². The van der Waals surface area contributed by atoms with Crippen molar-refractivity contribution in [2.45, 2.75) is 99.0 Å². The van der Waals surface area contributed by atoms with Crippen molar-refractivity contribution in [1.82, 2.24) is 0 Å². The van der Waals surface area contributed by atoms with Gasteiger partial charge < -0.3 is 5.11 Å². The second-order valence-corrected chi connectivity index (χ2v) is 12.3. The molecule has 1 heteroatoms. The molecule has 0 aliphatic heterocycles. The van der Waals surface area contributed by atoms with Crippen molar-refractivity contribution in [2.24, 2.45) is 52.3 Å². The summed E-state index contributed by atoms with van der Waals surface area (Å²) in [6.07, 6.45) is 17.8. The Bertz CT molecular complexity index is 659. The lowest BCUT2D eigenvalue weighted by Crippen LogP contribution is -2.49. The van der Waals surface area contributed by atoms with Crippen LogP contribution in [0.5, 0.6) is 0 Å². The summed E-state index contributed by atoms with van der Waals surface area (Å²) in [6, 6.07) is 0. The van der Waals surface area contributed by atoms with Crippen LogP contribution < -0.4 is 0 Å². The minimum absolute atomic E-state index is 0.0476. The highest BCUT2D eigenvalue weighted by Gasteiger charge is 2.57. The predicted molar refractivity (Wildman–Crippen MR) is 124 cm³/mol. The Morgan fingerprint density at radius 3 is 2.34 bits per heavy atom. The third-order valence-electron chi connectivity index (χ3n) is 10.5. The highest BCUT2D eigenvalue weighted by atomic mass is 16.3. The SMILES string of the molecule is CC(C)C(C)/C=C/[C@@H](C)[C@H]1CC[C@H]2C3=CC[C@H]4CC(O)CC[C@]4(C)[C@H]3CC[C@]12C. The van der Waals surface area contributed by atoms with Gasteiger partial charge in [-0.05, 0) is 104 Å². The van der Waals surface area contributed by atoms with Gasteiger partial charge in [0.25, 0.3) is 0 Å². The van der Waals surface area contributed by atoms with E-state index in [1.165, 1.54) is 38.5 Å². The average Bonchev–Trinajstić information content (AvgIpc) is 3.03. The smallest absolute Gasteiger partial charge is 0.0543 e. The predicted octanol–water partition coefficient (Wildman–Crippen LogP) is 7.41. The first kappa shape index (κ1) is 21.7. The lowest BCUT2D eigenvalue weighted by molar-refractivity contribution is -0.0414. The molecule has 3 saturated carbocycles. The van der Waals surface area contributed by atoms with Crippen LogP contribution in [-0.4, -0.2) is 11.2 Å². The fraction of sp³-hybridized carbons (Fsp3) is 0.857. The molecule has 4 rings (SSSR count). The number of aliphatic hydroxyl groups excluding tert-OH is 1. The second-order valence-electron chi connectivity index (χ2n) is 12.3. The Kier molecular flexibility index (Phi) is 5.86. The van der Waals surface area contributed by atoms with E-state index in [0.717, 1.165) is 36.5 Å². The molecule has 0 amide bonds. The molecule has 0 aromatic carbocycles. The average molecular weight is 399 g/mol. The summed E-state index contributed by atoms with van der Waals surface area (Å²) in [6.45, 7) is 14.7. The maximum atomic E-state index is 10.2. The van der Waals surface area contributed by atoms with Gasteiger partial charge in [-0.15, -0.1) is 0 Å². The standard InChI is InChI=1S/C28H46O/c1-18(2)19(3)7-8-20(4)24-11-12-25-23-10-9-21-17-22(29)13-15-27(21,5)26(23)14-16-28(24,25)6/h7-8,10,18-22,24-26,29H,9,11-17H2,1-6H3/b8-7+/t19?,20-,21+,22?,24-,25+,26+,27+,28-/m1/s1. The number of rotatable bonds is 4. The number of hydrogen-bond acceptors (Lipinski definition) is 1. The first-order valence-corrected chi connectivity index (χ1v) is 12.7. The van der Waals surface area contributed by atoms with Gasteiger partial charge in [0.05, 0.1) is 6.10 Å². The lowest BCUT2D eigenvalue weighted by atomic mass is 9.47. The van der Waals surface area contributed by atoms with E-state index in [9.17, 15) is 5.11 Å². The van der Waals surface area contributed by atoms with Crippen molar-refractivity contribution < 1.29 is 5.11 Å². The van der Waals surface area contributed by atoms with Gasteiger partial charge in [0.15, 0.2) is 0 Å². The normalized spacial score (nSPS) is 46.8. The van der Waals surface area contributed by atoms with Crippen molar-refractivity contribution in [3.05, 3.63) is 23.8 Å². The van der Waals surface area contributed by atoms with Gasteiger partial charge in [-0.25, -0.2) is 0 Å². The first-order chi connectivity index (χ1) is 13.7. The molecule has 4 aliphatic carbocycles. The molecule has 1 nitrogen and oxygen atoms in total. The molecule has 29 heavy (non-hydrogen) atoms. The molecule has 164 valence electrons. The summed E-state index contributed by atoms with van der Waals surface area (Å²) in [7, 11) is 0. The maximum Gasteiger partial charge on any atom is 0.0543 e. The van der Waals surface area contributed by atoms with Crippen molar-refractivity contribution >= 4 is 0 Å². The second kappa shape index (κ2) is 7.85. The van der Waals surface area contributed by atoms with Gasteiger partial charge >= 0.3 is 0 Å². The largest absolute Gasteiger partial charge is 0.393 e. The van der Waals surface area contributed by atoms with Crippen LogP contribution in [0.25, 0.3) is 0 Å². The van der Waals surface area contributed by atoms with Crippen LogP contribution in [0.2, 0.25) is 0 Å². The highest BCUT2D eigenvalue weighted by Crippen LogP contribution is 2.66. The van der Waals surface area contributed by atoms with Crippen LogP contribution >= 0.6 is 0 Å². The van der Waals surface area contributed by atoms with E-state index in [2.05, 4.69) is 59.8 Å². The van der Waals surface area contributed by atoms with Gasteiger partial charge in [-0.2, -0.15) is 0 Å². The fourth-order valence-electron chi connectivity index (χ4n) is 8.10. The molecule has 4 aliphatic rings. The van der Waals surface area contributed by atoms with Crippen molar-refractivity contribution in [1.29, 1.82) is 0 Å². The van der Waals surface area contributed by atoms with Crippen LogP contribution in [0.4, 0.5) is 0 Å². The fourth-order valence-corrected chi connectivity index (χ4v) is 8.10. The number of allylic oxidation sites excluding steroid dienone is 4. The van der Waals surface area contributed by atoms with Crippen LogP contribution in [0.15, 0.2) is 23.8 Å². The van der Waals surface area contributed by atoms with E-state index in [4.69, 9.17) is 0 Å². The highest BCUT2D eigenvalue weighted by molar-refractivity contribution is 5.28. The third kappa shape index (κ3) is 3.58. The molecule has 9 atom stereocenters. The molecule has 0 radical (unpaired) electrons. The van der Waals surface area contributed by atoms with Crippen molar-refractivity contribution in [2.75, 3.05) is 0 Å². The third-order valence-corrected chi connectivity index (χ3v) is 10.5. The quantitative estimate of drug-likeness (QED) is 0.489. The minimum Gasteiger partial charge on any atom is -0.393 e. The Morgan fingerprint density at radius 2 is 1.62 bits per heavy atom. The number of hydrogen-bond donors (Lipinski definition) is 1. The molecule has 0 saturated heterocycles. The zero-order chi connectivity index (χ0) is 21.0. The van der Waals surface area contributed by atoms with Gasteiger partial charge in [0.2, 0.25) is 0 Å². The monoisotopic (exact) mass is 398 g/mol. The first-order valence-electron chi connectivity index (χ1n) is 12.7. The molecule has 0 spiro atoms.